The van der Waals surface area contributed by atoms with Gasteiger partial charge in [0.15, 0.2) is 0 Å². The summed E-state index contributed by atoms with van der Waals surface area (Å²) in [4.78, 5) is 25.8. The number of hydrogen-bond donors (Lipinski definition) is 2. The minimum Gasteiger partial charge on any atom is -0.481 e. The molecule has 1 aliphatic carbocycles. The summed E-state index contributed by atoms with van der Waals surface area (Å²) < 4.78 is 0.662. The molecule has 3 atom stereocenters. The fourth-order valence-electron chi connectivity index (χ4n) is 4.40. The normalized spacial score (nSPS) is 27.4. The quantitative estimate of drug-likeness (QED) is 0.612. The molecule has 1 amide bonds. The summed E-state index contributed by atoms with van der Waals surface area (Å²) in [6, 6.07) is 11.1. The zero-order chi connectivity index (χ0) is 19.9. The van der Waals surface area contributed by atoms with E-state index in [1.807, 2.05) is 36.4 Å². The molecule has 2 aromatic rings. The standard InChI is InChI=1S/C21H21Cl2NO3S/c22-14-3-1-2-13(8-14)15-10-21(11-18(25)26,9-12-4-5-12)20(27)24-19(15)16-6-7-17(23)28-16/h1-3,6-8,12,15,19H,4-5,9-11H2,(H,24,27)(H,25,26)/t15-,19+,21+/m1/s1. The van der Waals surface area contributed by atoms with E-state index < -0.39 is 11.4 Å². The Labute approximate surface area is 177 Å². The number of piperidine rings is 1. The molecule has 2 heterocycles. The van der Waals surface area contributed by atoms with Crippen LogP contribution in [0.2, 0.25) is 9.36 Å². The maximum atomic E-state index is 13.2. The molecular formula is C21H21Cl2NO3S. The van der Waals surface area contributed by atoms with E-state index in [-0.39, 0.29) is 24.3 Å². The Kier molecular flexibility index (Phi) is 5.43. The van der Waals surface area contributed by atoms with Gasteiger partial charge in [0.05, 0.1) is 22.2 Å². The van der Waals surface area contributed by atoms with E-state index in [0.717, 1.165) is 23.3 Å². The van der Waals surface area contributed by atoms with E-state index in [2.05, 4.69) is 5.32 Å². The van der Waals surface area contributed by atoms with Gasteiger partial charge in [-0.15, -0.1) is 11.3 Å². The summed E-state index contributed by atoms with van der Waals surface area (Å²) >= 11 is 13.8. The van der Waals surface area contributed by atoms with Crippen LogP contribution >= 0.6 is 34.5 Å². The van der Waals surface area contributed by atoms with Gasteiger partial charge in [-0.05, 0) is 48.6 Å². The fraction of sp³-hybridized carbons (Fsp3) is 0.429. The number of halogens is 2. The minimum absolute atomic E-state index is 0.0655. The number of carboxylic acids is 1. The van der Waals surface area contributed by atoms with Crippen molar-refractivity contribution >= 4 is 46.4 Å². The summed E-state index contributed by atoms with van der Waals surface area (Å²) in [5.74, 6) is -0.713. The first-order chi connectivity index (χ1) is 13.4. The number of rotatable bonds is 6. The van der Waals surface area contributed by atoms with E-state index in [0.29, 0.717) is 28.1 Å². The Balaban J connectivity index is 1.75. The van der Waals surface area contributed by atoms with Crippen LogP contribution in [0.3, 0.4) is 0 Å². The molecule has 0 spiro atoms. The summed E-state index contributed by atoms with van der Waals surface area (Å²) in [6.07, 6.45) is 3.10. The second-order valence-electron chi connectivity index (χ2n) is 7.96. The van der Waals surface area contributed by atoms with E-state index >= 15 is 0 Å². The summed E-state index contributed by atoms with van der Waals surface area (Å²) in [7, 11) is 0. The van der Waals surface area contributed by atoms with E-state index in [4.69, 9.17) is 23.2 Å². The highest BCUT2D eigenvalue weighted by Gasteiger charge is 2.51. The average Bonchev–Trinajstić information content (AvgIpc) is 3.33. The van der Waals surface area contributed by atoms with Crippen molar-refractivity contribution in [1.82, 2.24) is 5.32 Å². The molecule has 2 aliphatic rings. The van der Waals surface area contributed by atoms with Crippen molar-refractivity contribution < 1.29 is 14.7 Å². The van der Waals surface area contributed by atoms with E-state index in [1.54, 1.807) is 0 Å². The van der Waals surface area contributed by atoms with Crippen LogP contribution in [0.4, 0.5) is 0 Å². The predicted octanol–water partition coefficient (Wildman–Crippen LogP) is 5.66. The predicted molar refractivity (Wildman–Crippen MR) is 111 cm³/mol. The molecular weight excluding hydrogens is 417 g/mol. The van der Waals surface area contributed by atoms with Crippen molar-refractivity contribution in [1.29, 1.82) is 0 Å². The van der Waals surface area contributed by atoms with Gasteiger partial charge in [-0.25, -0.2) is 0 Å². The number of carboxylic acid groups (broad SMARTS) is 1. The molecule has 2 N–H and O–H groups in total. The third-order valence-corrected chi connectivity index (χ3v) is 7.37. The molecule has 1 saturated carbocycles. The zero-order valence-corrected chi connectivity index (χ0v) is 17.5. The molecule has 28 heavy (non-hydrogen) atoms. The van der Waals surface area contributed by atoms with Crippen LogP contribution in [-0.2, 0) is 9.59 Å². The molecule has 1 aliphatic heterocycles. The summed E-state index contributed by atoms with van der Waals surface area (Å²) in [5.41, 5.74) is 0.116. The van der Waals surface area contributed by atoms with Crippen LogP contribution in [0.1, 0.15) is 54.5 Å². The van der Waals surface area contributed by atoms with Crippen LogP contribution in [-0.4, -0.2) is 17.0 Å². The molecule has 1 aromatic carbocycles. The SMILES string of the molecule is O=C(O)C[C@]1(CC2CC2)C[C@H](c2cccc(Cl)c2)[C@@H](c2ccc(Cl)s2)NC1=O. The van der Waals surface area contributed by atoms with Gasteiger partial charge in [-0.3, -0.25) is 9.59 Å². The van der Waals surface area contributed by atoms with E-state index in [9.17, 15) is 14.7 Å². The van der Waals surface area contributed by atoms with Crippen molar-refractivity contribution in [2.24, 2.45) is 11.3 Å². The monoisotopic (exact) mass is 437 g/mol. The summed E-state index contributed by atoms with van der Waals surface area (Å²) in [6.45, 7) is 0. The topological polar surface area (TPSA) is 66.4 Å². The van der Waals surface area contributed by atoms with Gasteiger partial charge in [0, 0.05) is 15.8 Å². The van der Waals surface area contributed by atoms with E-state index in [1.165, 1.54) is 11.3 Å². The molecule has 4 rings (SSSR count). The van der Waals surface area contributed by atoms with Gasteiger partial charge < -0.3 is 10.4 Å². The number of carbonyl (C=O) groups is 2. The van der Waals surface area contributed by atoms with Gasteiger partial charge in [0.1, 0.15) is 0 Å². The van der Waals surface area contributed by atoms with Gasteiger partial charge in [-0.1, -0.05) is 48.2 Å². The maximum Gasteiger partial charge on any atom is 0.304 e. The van der Waals surface area contributed by atoms with Crippen LogP contribution in [0.15, 0.2) is 36.4 Å². The van der Waals surface area contributed by atoms with Crippen molar-refractivity contribution in [3.05, 3.63) is 56.2 Å². The minimum atomic E-state index is -0.932. The lowest BCUT2D eigenvalue weighted by molar-refractivity contribution is -0.149. The van der Waals surface area contributed by atoms with Crippen molar-refractivity contribution in [3.63, 3.8) is 0 Å². The molecule has 2 fully saturated rings. The molecule has 0 unspecified atom stereocenters. The molecule has 1 saturated heterocycles. The molecule has 148 valence electrons. The molecule has 7 heteroatoms. The van der Waals surface area contributed by atoms with Crippen molar-refractivity contribution in [2.75, 3.05) is 0 Å². The average molecular weight is 438 g/mol. The number of carbonyl (C=O) groups excluding carboxylic acids is 1. The highest BCUT2D eigenvalue weighted by molar-refractivity contribution is 7.16. The third kappa shape index (κ3) is 4.07. The number of hydrogen-bond acceptors (Lipinski definition) is 3. The number of thiophene rings is 1. The largest absolute Gasteiger partial charge is 0.481 e. The first kappa shape index (κ1) is 19.7. The second-order valence-corrected chi connectivity index (χ2v) is 10.1. The fourth-order valence-corrected chi connectivity index (χ4v) is 5.78. The summed E-state index contributed by atoms with van der Waals surface area (Å²) in [5, 5.41) is 13.3. The molecule has 0 radical (unpaired) electrons. The molecule has 1 aromatic heterocycles. The van der Waals surface area contributed by atoms with Gasteiger partial charge >= 0.3 is 5.97 Å². The molecule has 0 bridgehead atoms. The number of aliphatic carboxylic acids is 1. The first-order valence-electron chi connectivity index (χ1n) is 9.40. The Morgan fingerprint density at radius 2 is 2.04 bits per heavy atom. The van der Waals surface area contributed by atoms with Gasteiger partial charge in [0.2, 0.25) is 5.91 Å². The lowest BCUT2D eigenvalue weighted by atomic mass is 9.66. The van der Waals surface area contributed by atoms with Gasteiger partial charge in [0.25, 0.3) is 0 Å². The molecule has 4 nitrogen and oxygen atoms in total. The highest BCUT2D eigenvalue weighted by atomic mass is 35.5. The Morgan fingerprint density at radius 1 is 1.25 bits per heavy atom. The Hall–Kier alpha value is -1.56. The van der Waals surface area contributed by atoms with Crippen LogP contribution in [0.25, 0.3) is 0 Å². The smallest absolute Gasteiger partial charge is 0.304 e. The number of nitrogens with one attached hydrogen (secondary N) is 1. The Morgan fingerprint density at radius 3 is 2.64 bits per heavy atom. The van der Waals surface area contributed by atoms with Crippen LogP contribution in [0, 0.1) is 11.3 Å². The highest BCUT2D eigenvalue weighted by Crippen LogP contribution is 2.53. The first-order valence-corrected chi connectivity index (χ1v) is 11.0. The lowest BCUT2D eigenvalue weighted by Gasteiger charge is -2.44. The van der Waals surface area contributed by atoms with Crippen LogP contribution in [0.5, 0.6) is 0 Å². The second kappa shape index (κ2) is 7.69. The maximum absolute atomic E-state index is 13.2. The van der Waals surface area contributed by atoms with Crippen molar-refractivity contribution in [3.8, 4) is 0 Å². The van der Waals surface area contributed by atoms with Crippen LogP contribution < -0.4 is 5.32 Å². The number of amides is 1. The number of benzene rings is 1. The van der Waals surface area contributed by atoms with Gasteiger partial charge in [-0.2, -0.15) is 0 Å². The third-order valence-electron chi connectivity index (χ3n) is 5.82. The Bertz CT molecular complexity index is 911. The lowest BCUT2D eigenvalue weighted by Crippen LogP contribution is -2.51. The zero-order valence-electron chi connectivity index (χ0n) is 15.2. The van der Waals surface area contributed by atoms with Crippen molar-refractivity contribution in [2.45, 2.75) is 44.1 Å².